The lowest BCUT2D eigenvalue weighted by atomic mass is 10.2. The second kappa shape index (κ2) is 7.81. The number of anilines is 2. The second-order valence-corrected chi connectivity index (χ2v) is 5.53. The molecule has 0 aliphatic heterocycles. The molecule has 0 fully saturated rings. The summed E-state index contributed by atoms with van der Waals surface area (Å²) < 4.78 is 10.8. The van der Waals surface area contributed by atoms with Gasteiger partial charge in [0.25, 0.3) is 0 Å². The molecule has 0 unspecified atom stereocenters. The molecule has 2 aromatic carbocycles. The summed E-state index contributed by atoms with van der Waals surface area (Å²) in [6.45, 7) is 0.451. The van der Waals surface area contributed by atoms with E-state index in [-0.39, 0.29) is 6.61 Å². The number of fused-ring (bicyclic) bond motifs is 1. The number of rotatable bonds is 7. The quantitative estimate of drug-likeness (QED) is 0.667. The SMILES string of the molecule is COc1ccc(N(C)c2nc(OCCCO)nc3ccccc23)cc1. The number of aromatic nitrogens is 2. The summed E-state index contributed by atoms with van der Waals surface area (Å²) >= 11 is 0. The molecule has 0 spiro atoms. The molecule has 0 saturated heterocycles. The lowest BCUT2D eigenvalue weighted by Gasteiger charge is -2.21. The zero-order valence-corrected chi connectivity index (χ0v) is 14.3. The molecule has 3 aromatic rings. The van der Waals surface area contributed by atoms with Gasteiger partial charge in [-0.25, -0.2) is 0 Å². The maximum Gasteiger partial charge on any atom is 0.318 e. The van der Waals surface area contributed by atoms with Crippen LogP contribution >= 0.6 is 0 Å². The highest BCUT2D eigenvalue weighted by molar-refractivity contribution is 5.91. The maximum atomic E-state index is 8.91. The Balaban J connectivity index is 1.99. The predicted octanol–water partition coefficient (Wildman–Crippen LogP) is 3.17. The summed E-state index contributed by atoms with van der Waals surface area (Å²) in [6.07, 6.45) is 0.542. The minimum atomic E-state index is 0.0756. The van der Waals surface area contributed by atoms with Crippen LogP contribution in [-0.4, -0.2) is 42.4 Å². The van der Waals surface area contributed by atoms with Gasteiger partial charge in [-0.1, -0.05) is 12.1 Å². The Bertz CT molecular complexity index is 837. The molecule has 25 heavy (non-hydrogen) atoms. The molecular weight excluding hydrogens is 318 g/mol. The van der Waals surface area contributed by atoms with Crippen LogP contribution in [0.4, 0.5) is 11.5 Å². The molecular formula is C19H21N3O3. The summed E-state index contributed by atoms with van der Waals surface area (Å²) in [5.74, 6) is 1.56. The van der Waals surface area contributed by atoms with Crippen LogP contribution in [0, 0.1) is 0 Å². The van der Waals surface area contributed by atoms with Crippen molar-refractivity contribution < 1.29 is 14.6 Å². The van der Waals surface area contributed by atoms with Crippen molar-refractivity contribution in [2.45, 2.75) is 6.42 Å². The topological polar surface area (TPSA) is 67.7 Å². The van der Waals surface area contributed by atoms with E-state index < -0.39 is 0 Å². The maximum absolute atomic E-state index is 8.91. The number of benzene rings is 2. The third kappa shape index (κ3) is 3.80. The Labute approximate surface area is 146 Å². The molecule has 0 amide bonds. The van der Waals surface area contributed by atoms with Crippen LogP contribution in [0.25, 0.3) is 10.9 Å². The molecule has 0 radical (unpaired) electrons. The van der Waals surface area contributed by atoms with Crippen molar-refractivity contribution in [2.24, 2.45) is 0 Å². The summed E-state index contributed by atoms with van der Waals surface area (Å²) in [6, 6.07) is 15.9. The smallest absolute Gasteiger partial charge is 0.318 e. The zero-order chi connectivity index (χ0) is 17.6. The van der Waals surface area contributed by atoms with Gasteiger partial charge in [-0.15, -0.1) is 0 Å². The van der Waals surface area contributed by atoms with E-state index in [2.05, 4.69) is 9.97 Å². The first-order valence-electron chi connectivity index (χ1n) is 8.11. The first-order valence-corrected chi connectivity index (χ1v) is 8.11. The average Bonchev–Trinajstić information content (AvgIpc) is 2.67. The molecule has 0 aliphatic carbocycles. The number of hydrogen-bond donors (Lipinski definition) is 1. The van der Waals surface area contributed by atoms with Gasteiger partial charge in [0.05, 0.1) is 19.2 Å². The molecule has 3 rings (SSSR count). The van der Waals surface area contributed by atoms with Crippen molar-refractivity contribution in [1.82, 2.24) is 9.97 Å². The molecule has 6 heteroatoms. The van der Waals surface area contributed by atoms with Gasteiger partial charge < -0.3 is 19.5 Å². The first-order chi connectivity index (χ1) is 12.2. The van der Waals surface area contributed by atoms with Crippen LogP contribution in [0.2, 0.25) is 0 Å². The summed E-state index contributed by atoms with van der Waals surface area (Å²) in [5.41, 5.74) is 1.79. The molecule has 130 valence electrons. The van der Waals surface area contributed by atoms with E-state index in [4.69, 9.17) is 14.6 Å². The largest absolute Gasteiger partial charge is 0.497 e. The number of para-hydroxylation sites is 1. The van der Waals surface area contributed by atoms with E-state index in [0.717, 1.165) is 28.2 Å². The van der Waals surface area contributed by atoms with E-state index in [1.807, 2.05) is 60.5 Å². The highest BCUT2D eigenvalue weighted by atomic mass is 16.5. The van der Waals surface area contributed by atoms with Gasteiger partial charge >= 0.3 is 6.01 Å². The highest BCUT2D eigenvalue weighted by Crippen LogP contribution is 2.31. The molecule has 1 aromatic heterocycles. The first kappa shape index (κ1) is 17.0. The Hall–Kier alpha value is -2.86. The van der Waals surface area contributed by atoms with Gasteiger partial charge in [-0.3, -0.25) is 0 Å². The van der Waals surface area contributed by atoms with E-state index in [9.17, 15) is 0 Å². The van der Waals surface area contributed by atoms with Crippen molar-refractivity contribution in [3.05, 3.63) is 48.5 Å². The summed E-state index contributed by atoms with van der Waals surface area (Å²) in [4.78, 5) is 11.0. The summed E-state index contributed by atoms with van der Waals surface area (Å²) in [7, 11) is 3.60. The van der Waals surface area contributed by atoms with Gasteiger partial charge in [0.2, 0.25) is 0 Å². The van der Waals surface area contributed by atoms with Crippen LogP contribution in [0.15, 0.2) is 48.5 Å². The molecule has 0 aliphatic rings. The molecule has 0 bridgehead atoms. The Morgan fingerprint density at radius 3 is 2.52 bits per heavy atom. The standard InChI is InChI=1S/C19H21N3O3/c1-22(14-8-10-15(24-2)11-9-14)18-16-6-3-4-7-17(16)20-19(21-18)25-13-5-12-23/h3-4,6-11,23H,5,12-13H2,1-2H3. The van der Waals surface area contributed by atoms with Crippen LogP contribution in [0.1, 0.15) is 6.42 Å². The van der Waals surface area contributed by atoms with Gasteiger partial charge in [0, 0.05) is 31.1 Å². The Morgan fingerprint density at radius 2 is 1.80 bits per heavy atom. The lowest BCUT2D eigenvalue weighted by Crippen LogP contribution is -2.13. The number of nitrogens with zero attached hydrogens (tertiary/aromatic N) is 3. The summed E-state index contributed by atoms with van der Waals surface area (Å²) in [5, 5.41) is 9.85. The third-order valence-corrected chi connectivity index (χ3v) is 3.87. The molecule has 0 saturated carbocycles. The van der Waals surface area contributed by atoms with Gasteiger partial charge in [0.1, 0.15) is 11.6 Å². The number of hydrogen-bond acceptors (Lipinski definition) is 6. The Morgan fingerprint density at radius 1 is 1.04 bits per heavy atom. The fraction of sp³-hybridized carbons (Fsp3) is 0.263. The third-order valence-electron chi connectivity index (χ3n) is 3.87. The number of ether oxygens (including phenoxy) is 2. The van der Waals surface area contributed by atoms with Gasteiger partial charge in [0.15, 0.2) is 0 Å². The van der Waals surface area contributed by atoms with Crippen LogP contribution < -0.4 is 14.4 Å². The Kier molecular flexibility index (Phi) is 5.30. The van der Waals surface area contributed by atoms with Gasteiger partial charge in [-0.2, -0.15) is 9.97 Å². The lowest BCUT2D eigenvalue weighted by molar-refractivity contribution is 0.225. The zero-order valence-electron chi connectivity index (χ0n) is 14.3. The predicted molar refractivity (Wildman–Crippen MR) is 97.8 cm³/mol. The van der Waals surface area contributed by atoms with E-state index >= 15 is 0 Å². The number of aliphatic hydroxyl groups excluding tert-OH is 1. The molecule has 1 N–H and O–H groups in total. The van der Waals surface area contributed by atoms with Gasteiger partial charge in [-0.05, 0) is 36.4 Å². The molecule has 1 heterocycles. The van der Waals surface area contributed by atoms with Crippen molar-refractivity contribution in [3.8, 4) is 11.8 Å². The van der Waals surface area contributed by atoms with Crippen LogP contribution in [0.3, 0.4) is 0 Å². The minimum absolute atomic E-state index is 0.0756. The number of methoxy groups -OCH3 is 1. The fourth-order valence-corrected chi connectivity index (χ4v) is 2.52. The van der Waals surface area contributed by atoms with Crippen LogP contribution in [0.5, 0.6) is 11.8 Å². The highest BCUT2D eigenvalue weighted by Gasteiger charge is 2.14. The molecule has 6 nitrogen and oxygen atoms in total. The minimum Gasteiger partial charge on any atom is -0.497 e. The number of aliphatic hydroxyl groups is 1. The fourth-order valence-electron chi connectivity index (χ4n) is 2.52. The van der Waals surface area contributed by atoms with Crippen molar-refractivity contribution in [3.63, 3.8) is 0 Å². The van der Waals surface area contributed by atoms with Crippen molar-refractivity contribution >= 4 is 22.4 Å². The normalized spacial score (nSPS) is 10.7. The van der Waals surface area contributed by atoms with Crippen LogP contribution in [-0.2, 0) is 0 Å². The van der Waals surface area contributed by atoms with Crippen molar-refractivity contribution in [1.29, 1.82) is 0 Å². The monoisotopic (exact) mass is 339 g/mol. The average molecular weight is 339 g/mol. The molecule has 0 atom stereocenters. The van der Waals surface area contributed by atoms with E-state index in [1.165, 1.54) is 0 Å². The van der Waals surface area contributed by atoms with E-state index in [1.54, 1.807) is 7.11 Å². The van der Waals surface area contributed by atoms with E-state index in [0.29, 0.717) is 19.0 Å². The second-order valence-electron chi connectivity index (χ2n) is 5.53. The van der Waals surface area contributed by atoms with Crippen molar-refractivity contribution in [2.75, 3.05) is 32.3 Å².